The highest BCUT2D eigenvalue weighted by molar-refractivity contribution is 5.94. The van der Waals surface area contributed by atoms with Gasteiger partial charge >= 0.3 is 12.1 Å². The van der Waals surface area contributed by atoms with Gasteiger partial charge in [-0.1, -0.05) is 18.2 Å². The second-order valence-electron chi connectivity index (χ2n) is 3.81. The number of aryl methyl sites for hydroxylation is 1. The van der Waals surface area contributed by atoms with Crippen LogP contribution in [0.5, 0.6) is 0 Å². The van der Waals surface area contributed by atoms with E-state index in [4.69, 9.17) is 5.11 Å². The molecule has 6 heteroatoms. The zero-order valence-corrected chi connectivity index (χ0v) is 9.33. The number of Topliss-reactive ketones (excluding diaryl/α,β-unsaturated/α-hetero) is 1. The molecule has 0 atom stereocenters. The number of ketones is 1. The summed E-state index contributed by atoms with van der Waals surface area (Å²) in [5.41, 5.74) is -0.408. The first-order chi connectivity index (χ1) is 8.29. The molecule has 1 aromatic carbocycles. The summed E-state index contributed by atoms with van der Waals surface area (Å²) in [6.07, 6.45) is -4.98. The van der Waals surface area contributed by atoms with E-state index in [-0.39, 0.29) is 12.8 Å². The van der Waals surface area contributed by atoms with Gasteiger partial charge in [0.2, 0.25) is 0 Å². The Labute approximate surface area is 101 Å². The van der Waals surface area contributed by atoms with Crippen molar-refractivity contribution in [1.82, 2.24) is 0 Å². The predicted molar refractivity (Wildman–Crippen MR) is 57.0 cm³/mol. The number of carbonyl (C=O) groups is 2. The normalized spacial score (nSPS) is 11.3. The van der Waals surface area contributed by atoms with Crippen molar-refractivity contribution in [3.8, 4) is 0 Å². The Kier molecular flexibility index (Phi) is 4.47. The number of hydrogen-bond acceptors (Lipinski definition) is 2. The lowest BCUT2D eigenvalue weighted by atomic mass is 10.0. The topological polar surface area (TPSA) is 54.4 Å². The molecule has 0 saturated carbocycles. The van der Waals surface area contributed by atoms with Crippen LogP contribution in [0.15, 0.2) is 24.3 Å². The molecule has 3 nitrogen and oxygen atoms in total. The number of benzene rings is 1. The molecule has 0 fully saturated rings. The van der Waals surface area contributed by atoms with Crippen LogP contribution in [0.1, 0.15) is 24.0 Å². The standard InChI is InChI=1S/C12H11F3O3/c13-12(14,15)9-3-1-2-8(6-9)4-5-10(16)7-11(17)18/h1-3,6H,4-5,7H2,(H,17,18). The SMILES string of the molecule is O=C(O)CC(=O)CCc1cccc(C(F)(F)F)c1. The molecule has 0 aliphatic heterocycles. The molecule has 0 amide bonds. The van der Waals surface area contributed by atoms with Crippen LogP contribution in [0.25, 0.3) is 0 Å². The van der Waals surface area contributed by atoms with Gasteiger partial charge in [0, 0.05) is 6.42 Å². The summed E-state index contributed by atoms with van der Waals surface area (Å²) < 4.78 is 37.2. The molecule has 0 bridgehead atoms. The van der Waals surface area contributed by atoms with Gasteiger partial charge in [0.15, 0.2) is 0 Å². The zero-order valence-electron chi connectivity index (χ0n) is 9.33. The number of carboxylic acids is 1. The van der Waals surface area contributed by atoms with Crippen LogP contribution in [0.3, 0.4) is 0 Å². The molecule has 0 aliphatic carbocycles. The van der Waals surface area contributed by atoms with Gasteiger partial charge in [-0.3, -0.25) is 9.59 Å². The van der Waals surface area contributed by atoms with Crippen molar-refractivity contribution < 1.29 is 27.9 Å². The summed E-state index contributed by atoms with van der Waals surface area (Å²) in [6, 6.07) is 4.65. The highest BCUT2D eigenvalue weighted by Crippen LogP contribution is 2.29. The maximum atomic E-state index is 12.4. The van der Waals surface area contributed by atoms with Gasteiger partial charge in [0.25, 0.3) is 0 Å². The van der Waals surface area contributed by atoms with Crippen molar-refractivity contribution in [3.05, 3.63) is 35.4 Å². The molecule has 1 rings (SSSR count). The van der Waals surface area contributed by atoms with Crippen molar-refractivity contribution >= 4 is 11.8 Å². The van der Waals surface area contributed by atoms with Gasteiger partial charge in [-0.05, 0) is 18.1 Å². The summed E-state index contributed by atoms with van der Waals surface area (Å²) in [7, 11) is 0. The third kappa shape index (κ3) is 4.57. The van der Waals surface area contributed by atoms with Gasteiger partial charge < -0.3 is 5.11 Å². The molecule has 0 unspecified atom stereocenters. The lowest BCUT2D eigenvalue weighted by Gasteiger charge is -2.08. The average molecular weight is 260 g/mol. The van der Waals surface area contributed by atoms with E-state index in [0.29, 0.717) is 5.56 Å². The number of carboxylic acid groups (broad SMARTS) is 1. The maximum absolute atomic E-state index is 12.4. The van der Waals surface area contributed by atoms with Gasteiger partial charge in [0.1, 0.15) is 12.2 Å². The molecular formula is C12H11F3O3. The van der Waals surface area contributed by atoms with Crippen LogP contribution >= 0.6 is 0 Å². The highest BCUT2D eigenvalue weighted by Gasteiger charge is 2.30. The minimum atomic E-state index is -4.42. The number of rotatable bonds is 5. The van der Waals surface area contributed by atoms with Crippen molar-refractivity contribution in [2.45, 2.75) is 25.4 Å². The monoisotopic (exact) mass is 260 g/mol. The number of aliphatic carboxylic acids is 1. The Hall–Kier alpha value is -1.85. The van der Waals surface area contributed by atoms with E-state index in [2.05, 4.69) is 0 Å². The van der Waals surface area contributed by atoms with Crippen LogP contribution < -0.4 is 0 Å². The van der Waals surface area contributed by atoms with E-state index in [0.717, 1.165) is 12.1 Å². The summed E-state index contributed by atoms with van der Waals surface area (Å²) in [5, 5.41) is 8.36. The molecule has 0 saturated heterocycles. The van der Waals surface area contributed by atoms with Crippen LogP contribution in [-0.2, 0) is 22.2 Å². The molecule has 0 radical (unpaired) electrons. The molecule has 18 heavy (non-hydrogen) atoms. The van der Waals surface area contributed by atoms with Crippen LogP contribution in [0, 0.1) is 0 Å². The Morgan fingerprint density at radius 1 is 1.22 bits per heavy atom. The average Bonchev–Trinajstić information content (AvgIpc) is 2.25. The number of halogens is 3. The fourth-order valence-corrected chi connectivity index (χ4v) is 1.44. The largest absolute Gasteiger partial charge is 0.481 e. The lowest BCUT2D eigenvalue weighted by molar-refractivity contribution is -0.140. The second kappa shape index (κ2) is 5.66. The molecule has 0 spiro atoms. The van der Waals surface area contributed by atoms with E-state index in [1.165, 1.54) is 12.1 Å². The minimum Gasteiger partial charge on any atom is -0.481 e. The minimum absolute atomic E-state index is 0.0758. The molecule has 0 aliphatic rings. The molecular weight excluding hydrogens is 249 g/mol. The third-order valence-electron chi connectivity index (χ3n) is 2.30. The van der Waals surface area contributed by atoms with Gasteiger partial charge in [-0.2, -0.15) is 13.2 Å². The number of hydrogen-bond donors (Lipinski definition) is 1. The van der Waals surface area contributed by atoms with E-state index in [9.17, 15) is 22.8 Å². The smallest absolute Gasteiger partial charge is 0.416 e. The number of alkyl halides is 3. The highest BCUT2D eigenvalue weighted by atomic mass is 19.4. The summed E-state index contributed by atoms with van der Waals surface area (Å²) in [5.74, 6) is -1.73. The first-order valence-electron chi connectivity index (χ1n) is 5.18. The Morgan fingerprint density at radius 2 is 1.89 bits per heavy atom. The summed E-state index contributed by atoms with van der Waals surface area (Å²) >= 11 is 0. The van der Waals surface area contributed by atoms with E-state index in [1.54, 1.807) is 0 Å². The quantitative estimate of drug-likeness (QED) is 0.828. The zero-order chi connectivity index (χ0) is 13.8. The predicted octanol–water partition coefficient (Wildman–Crippen LogP) is 2.68. The summed E-state index contributed by atoms with van der Waals surface area (Å²) in [6.45, 7) is 0. The Morgan fingerprint density at radius 3 is 2.44 bits per heavy atom. The molecule has 1 N–H and O–H groups in total. The maximum Gasteiger partial charge on any atom is 0.416 e. The fourth-order valence-electron chi connectivity index (χ4n) is 1.44. The Bertz CT molecular complexity index is 452. The molecule has 0 heterocycles. The van der Waals surface area contributed by atoms with Gasteiger partial charge in [-0.15, -0.1) is 0 Å². The van der Waals surface area contributed by atoms with E-state index >= 15 is 0 Å². The van der Waals surface area contributed by atoms with Gasteiger partial charge in [0.05, 0.1) is 5.56 Å². The molecule has 0 aromatic heterocycles. The van der Waals surface area contributed by atoms with Crippen molar-refractivity contribution in [2.24, 2.45) is 0 Å². The Balaban J connectivity index is 2.63. The van der Waals surface area contributed by atoms with Crippen molar-refractivity contribution in [1.29, 1.82) is 0 Å². The summed E-state index contributed by atoms with van der Waals surface area (Å²) in [4.78, 5) is 21.3. The second-order valence-corrected chi connectivity index (χ2v) is 3.81. The first-order valence-corrected chi connectivity index (χ1v) is 5.18. The van der Waals surface area contributed by atoms with Crippen molar-refractivity contribution in [2.75, 3.05) is 0 Å². The van der Waals surface area contributed by atoms with Gasteiger partial charge in [-0.25, -0.2) is 0 Å². The van der Waals surface area contributed by atoms with E-state index < -0.39 is 29.9 Å². The first kappa shape index (κ1) is 14.2. The van der Waals surface area contributed by atoms with Crippen LogP contribution in [0.2, 0.25) is 0 Å². The third-order valence-corrected chi connectivity index (χ3v) is 2.30. The van der Waals surface area contributed by atoms with Crippen LogP contribution in [0.4, 0.5) is 13.2 Å². The number of carbonyl (C=O) groups excluding carboxylic acids is 1. The fraction of sp³-hybridized carbons (Fsp3) is 0.333. The molecule has 1 aromatic rings. The van der Waals surface area contributed by atoms with Crippen LogP contribution in [-0.4, -0.2) is 16.9 Å². The van der Waals surface area contributed by atoms with Crippen molar-refractivity contribution in [3.63, 3.8) is 0 Å². The molecule has 98 valence electrons. The van der Waals surface area contributed by atoms with E-state index in [1.807, 2.05) is 0 Å². The lowest BCUT2D eigenvalue weighted by Crippen LogP contribution is -2.08.